The summed E-state index contributed by atoms with van der Waals surface area (Å²) in [6.07, 6.45) is 3.48. The zero-order valence-electron chi connectivity index (χ0n) is 10.2. The maximum atomic E-state index is 11.7. The average molecular weight is 218 g/mol. The molecular weight excluding hydrogens is 200 g/mol. The van der Waals surface area contributed by atoms with Crippen molar-refractivity contribution in [1.82, 2.24) is 0 Å². The summed E-state index contributed by atoms with van der Waals surface area (Å²) in [6, 6.07) is 5.98. The van der Waals surface area contributed by atoms with Gasteiger partial charge in [0.25, 0.3) is 0 Å². The Labute approximate surface area is 96.6 Å². The molecule has 0 radical (unpaired) electrons. The minimum Gasteiger partial charge on any atom is -0.426 e. The van der Waals surface area contributed by atoms with Crippen LogP contribution in [-0.4, -0.2) is 5.97 Å². The van der Waals surface area contributed by atoms with E-state index in [2.05, 4.69) is 6.07 Å². The van der Waals surface area contributed by atoms with Crippen molar-refractivity contribution in [3.05, 3.63) is 29.3 Å². The predicted octanol–water partition coefficient (Wildman–Crippen LogP) is 3.13. The highest BCUT2D eigenvalue weighted by Crippen LogP contribution is 2.27. The van der Waals surface area contributed by atoms with Crippen LogP contribution in [0.2, 0.25) is 0 Å². The zero-order chi connectivity index (χ0) is 11.8. The van der Waals surface area contributed by atoms with Gasteiger partial charge >= 0.3 is 5.97 Å². The summed E-state index contributed by atoms with van der Waals surface area (Å²) in [5.74, 6) is 0.506. The molecule has 1 aromatic rings. The van der Waals surface area contributed by atoms with E-state index in [0.717, 1.165) is 12.8 Å². The third-order valence-corrected chi connectivity index (χ3v) is 2.89. The molecule has 0 N–H and O–H groups in total. The normalized spacial score (nSPS) is 14.7. The number of carbonyl (C=O) groups is 1. The van der Waals surface area contributed by atoms with Gasteiger partial charge in [-0.25, -0.2) is 0 Å². The Morgan fingerprint density at radius 2 is 1.88 bits per heavy atom. The number of fused-ring (bicyclic) bond motifs is 1. The number of aryl methyl sites for hydroxylation is 2. The summed E-state index contributed by atoms with van der Waals surface area (Å²) in [5, 5.41) is 0. The zero-order valence-corrected chi connectivity index (χ0v) is 10.2. The molecule has 0 aliphatic heterocycles. The molecule has 0 aromatic heterocycles. The van der Waals surface area contributed by atoms with Gasteiger partial charge in [-0.3, -0.25) is 4.79 Å². The summed E-state index contributed by atoms with van der Waals surface area (Å²) in [4.78, 5) is 11.7. The van der Waals surface area contributed by atoms with Gasteiger partial charge < -0.3 is 4.74 Å². The lowest BCUT2D eigenvalue weighted by Gasteiger charge is -2.16. The van der Waals surface area contributed by atoms with Crippen molar-refractivity contribution in [2.24, 2.45) is 5.41 Å². The molecule has 2 rings (SSSR count). The second kappa shape index (κ2) is 3.93. The highest BCUT2D eigenvalue weighted by atomic mass is 16.5. The first-order valence-electron chi connectivity index (χ1n) is 5.81. The third-order valence-electron chi connectivity index (χ3n) is 2.89. The molecule has 0 fully saturated rings. The van der Waals surface area contributed by atoms with Gasteiger partial charge in [-0.1, -0.05) is 6.07 Å². The summed E-state index contributed by atoms with van der Waals surface area (Å²) < 4.78 is 5.37. The number of hydrogen-bond donors (Lipinski definition) is 0. The van der Waals surface area contributed by atoms with Gasteiger partial charge in [-0.05, 0) is 63.3 Å². The topological polar surface area (TPSA) is 26.3 Å². The second-order valence-electron chi connectivity index (χ2n) is 5.42. The molecule has 86 valence electrons. The van der Waals surface area contributed by atoms with Crippen LogP contribution < -0.4 is 4.74 Å². The monoisotopic (exact) mass is 218 g/mol. The first-order chi connectivity index (χ1) is 7.47. The van der Waals surface area contributed by atoms with Gasteiger partial charge in [0.15, 0.2) is 0 Å². The molecule has 0 amide bonds. The van der Waals surface area contributed by atoms with Crippen LogP contribution in [0.4, 0.5) is 0 Å². The van der Waals surface area contributed by atoms with Crippen LogP contribution in [0, 0.1) is 5.41 Å². The molecular formula is C14H18O2. The number of rotatable bonds is 1. The Kier molecular flexibility index (Phi) is 2.75. The van der Waals surface area contributed by atoms with E-state index in [1.807, 2.05) is 32.9 Å². The molecule has 0 bridgehead atoms. The standard InChI is InChI=1S/C14H18O2/c1-14(2,3)13(15)16-12-8-7-10-5-4-6-11(10)9-12/h7-9H,4-6H2,1-3H3. The number of carbonyl (C=O) groups excluding carboxylic acids is 1. The van der Waals surface area contributed by atoms with Crippen LogP contribution >= 0.6 is 0 Å². The number of hydrogen-bond acceptors (Lipinski definition) is 2. The van der Waals surface area contributed by atoms with Gasteiger partial charge in [-0.2, -0.15) is 0 Å². The van der Waals surface area contributed by atoms with Crippen molar-refractivity contribution >= 4 is 5.97 Å². The summed E-state index contributed by atoms with van der Waals surface area (Å²) in [6.45, 7) is 5.59. The first-order valence-corrected chi connectivity index (χ1v) is 5.81. The fraction of sp³-hybridized carbons (Fsp3) is 0.500. The minimum absolute atomic E-state index is 0.176. The molecule has 2 nitrogen and oxygen atoms in total. The predicted molar refractivity (Wildman–Crippen MR) is 63.6 cm³/mol. The van der Waals surface area contributed by atoms with Gasteiger partial charge in [-0.15, -0.1) is 0 Å². The van der Waals surface area contributed by atoms with Gasteiger partial charge in [0.1, 0.15) is 5.75 Å². The van der Waals surface area contributed by atoms with Crippen LogP contribution in [-0.2, 0) is 17.6 Å². The third kappa shape index (κ3) is 2.26. The fourth-order valence-electron chi connectivity index (χ4n) is 1.87. The quantitative estimate of drug-likeness (QED) is 0.534. The van der Waals surface area contributed by atoms with Crippen molar-refractivity contribution in [3.8, 4) is 5.75 Å². The molecule has 0 heterocycles. The van der Waals surface area contributed by atoms with Crippen molar-refractivity contribution in [1.29, 1.82) is 0 Å². The number of esters is 1. The van der Waals surface area contributed by atoms with Crippen LogP contribution in [0.15, 0.2) is 18.2 Å². The van der Waals surface area contributed by atoms with E-state index in [0.29, 0.717) is 5.75 Å². The smallest absolute Gasteiger partial charge is 0.316 e. The second-order valence-corrected chi connectivity index (χ2v) is 5.42. The van der Waals surface area contributed by atoms with E-state index < -0.39 is 5.41 Å². The molecule has 0 unspecified atom stereocenters. The Morgan fingerprint density at radius 1 is 1.19 bits per heavy atom. The lowest BCUT2D eigenvalue weighted by Crippen LogP contribution is -2.25. The molecule has 1 aromatic carbocycles. The Hall–Kier alpha value is -1.31. The molecule has 0 atom stereocenters. The van der Waals surface area contributed by atoms with Gasteiger partial charge in [0.2, 0.25) is 0 Å². The van der Waals surface area contributed by atoms with E-state index in [9.17, 15) is 4.79 Å². The van der Waals surface area contributed by atoms with Crippen LogP contribution in [0.5, 0.6) is 5.75 Å². The highest BCUT2D eigenvalue weighted by molar-refractivity contribution is 5.77. The maximum absolute atomic E-state index is 11.7. The van der Waals surface area contributed by atoms with Crippen molar-refractivity contribution in [2.75, 3.05) is 0 Å². The SMILES string of the molecule is CC(C)(C)C(=O)Oc1ccc2c(c1)CCC2. The van der Waals surface area contributed by atoms with E-state index >= 15 is 0 Å². The highest BCUT2D eigenvalue weighted by Gasteiger charge is 2.24. The lowest BCUT2D eigenvalue weighted by atomic mass is 9.97. The summed E-state index contributed by atoms with van der Waals surface area (Å²) in [7, 11) is 0. The summed E-state index contributed by atoms with van der Waals surface area (Å²) in [5.41, 5.74) is 2.29. The fourth-order valence-corrected chi connectivity index (χ4v) is 1.87. The van der Waals surface area contributed by atoms with Crippen molar-refractivity contribution in [3.63, 3.8) is 0 Å². The first kappa shape index (κ1) is 11.2. The molecule has 16 heavy (non-hydrogen) atoms. The number of ether oxygens (including phenoxy) is 1. The Morgan fingerprint density at radius 3 is 2.56 bits per heavy atom. The molecule has 2 heteroatoms. The molecule has 1 aliphatic rings. The van der Waals surface area contributed by atoms with Crippen LogP contribution in [0.25, 0.3) is 0 Å². The molecule has 1 aliphatic carbocycles. The average Bonchev–Trinajstić information content (AvgIpc) is 2.63. The van der Waals surface area contributed by atoms with Crippen LogP contribution in [0.3, 0.4) is 0 Å². The van der Waals surface area contributed by atoms with E-state index in [4.69, 9.17) is 4.74 Å². The van der Waals surface area contributed by atoms with Crippen LogP contribution in [0.1, 0.15) is 38.3 Å². The molecule has 0 saturated carbocycles. The lowest BCUT2D eigenvalue weighted by molar-refractivity contribution is -0.142. The molecule has 0 spiro atoms. The van der Waals surface area contributed by atoms with E-state index in [1.54, 1.807) is 0 Å². The van der Waals surface area contributed by atoms with Crippen molar-refractivity contribution in [2.45, 2.75) is 40.0 Å². The largest absolute Gasteiger partial charge is 0.426 e. The molecule has 0 saturated heterocycles. The van der Waals surface area contributed by atoms with Gasteiger partial charge in [0, 0.05) is 0 Å². The van der Waals surface area contributed by atoms with Gasteiger partial charge in [0.05, 0.1) is 5.41 Å². The minimum atomic E-state index is -0.445. The van der Waals surface area contributed by atoms with Crippen molar-refractivity contribution < 1.29 is 9.53 Å². The summed E-state index contributed by atoms with van der Waals surface area (Å²) >= 11 is 0. The van der Waals surface area contributed by atoms with E-state index in [1.165, 1.54) is 17.5 Å². The number of benzene rings is 1. The van der Waals surface area contributed by atoms with E-state index in [-0.39, 0.29) is 5.97 Å². The maximum Gasteiger partial charge on any atom is 0.316 e. The Balaban J connectivity index is 2.14. The Bertz CT molecular complexity index is 413.